The highest BCUT2D eigenvalue weighted by Gasteiger charge is 2.63. The SMILES string of the molecule is COC(=O)[C@]1(c2cn(-c3ccccc3)cn2)C[C@H]1CBr. The minimum Gasteiger partial charge on any atom is -0.468 e. The van der Waals surface area contributed by atoms with Crippen LogP contribution in [-0.2, 0) is 14.9 Å². The summed E-state index contributed by atoms with van der Waals surface area (Å²) in [6.45, 7) is 0. The molecule has 0 saturated heterocycles. The van der Waals surface area contributed by atoms with Gasteiger partial charge in [-0.25, -0.2) is 4.98 Å². The fraction of sp³-hybridized carbons (Fsp3) is 0.333. The number of benzene rings is 1. The monoisotopic (exact) mass is 334 g/mol. The lowest BCUT2D eigenvalue weighted by atomic mass is 10.0. The zero-order valence-electron chi connectivity index (χ0n) is 11.1. The van der Waals surface area contributed by atoms with Crippen LogP contribution in [0.4, 0.5) is 0 Å². The lowest BCUT2D eigenvalue weighted by Crippen LogP contribution is -2.25. The highest BCUT2D eigenvalue weighted by Crippen LogP contribution is 2.55. The first-order valence-electron chi connectivity index (χ1n) is 6.46. The number of ether oxygens (including phenoxy) is 1. The van der Waals surface area contributed by atoms with E-state index in [-0.39, 0.29) is 11.9 Å². The number of halogens is 1. The van der Waals surface area contributed by atoms with Crippen LogP contribution >= 0.6 is 15.9 Å². The Balaban J connectivity index is 1.95. The molecule has 0 spiro atoms. The number of alkyl halides is 1. The van der Waals surface area contributed by atoms with Crippen LogP contribution in [0.3, 0.4) is 0 Å². The summed E-state index contributed by atoms with van der Waals surface area (Å²) in [7, 11) is 1.43. The van der Waals surface area contributed by atoms with Gasteiger partial charge in [0, 0.05) is 17.2 Å². The van der Waals surface area contributed by atoms with Crippen molar-refractivity contribution in [3.8, 4) is 5.69 Å². The molecule has 3 rings (SSSR count). The zero-order valence-corrected chi connectivity index (χ0v) is 12.7. The maximum Gasteiger partial charge on any atom is 0.318 e. The summed E-state index contributed by atoms with van der Waals surface area (Å²) in [4.78, 5) is 16.6. The van der Waals surface area contributed by atoms with Crippen molar-refractivity contribution in [2.75, 3.05) is 12.4 Å². The molecule has 0 radical (unpaired) electrons. The Labute approximate surface area is 125 Å². The maximum atomic E-state index is 12.1. The van der Waals surface area contributed by atoms with Gasteiger partial charge >= 0.3 is 5.97 Å². The summed E-state index contributed by atoms with van der Waals surface area (Å²) < 4.78 is 6.90. The number of hydrogen-bond acceptors (Lipinski definition) is 3. The van der Waals surface area contributed by atoms with Crippen molar-refractivity contribution >= 4 is 21.9 Å². The van der Waals surface area contributed by atoms with Gasteiger partial charge in [0.2, 0.25) is 0 Å². The largest absolute Gasteiger partial charge is 0.468 e. The maximum absolute atomic E-state index is 12.1. The fourth-order valence-corrected chi connectivity index (χ4v) is 3.44. The highest BCUT2D eigenvalue weighted by molar-refractivity contribution is 9.09. The summed E-state index contributed by atoms with van der Waals surface area (Å²) in [6, 6.07) is 9.93. The lowest BCUT2D eigenvalue weighted by Gasteiger charge is -2.11. The third-order valence-corrected chi connectivity index (χ3v) is 4.72. The molecule has 1 saturated carbocycles. The van der Waals surface area contributed by atoms with Crippen LogP contribution in [0.15, 0.2) is 42.9 Å². The third kappa shape index (κ3) is 1.97. The van der Waals surface area contributed by atoms with E-state index in [1.165, 1.54) is 7.11 Å². The van der Waals surface area contributed by atoms with Crippen molar-refractivity contribution in [3.05, 3.63) is 48.5 Å². The Morgan fingerprint density at radius 2 is 2.25 bits per heavy atom. The smallest absolute Gasteiger partial charge is 0.318 e. The number of carbonyl (C=O) groups is 1. The predicted molar refractivity (Wildman–Crippen MR) is 79.2 cm³/mol. The molecule has 1 aliphatic carbocycles. The molecule has 1 aliphatic rings. The second-order valence-corrected chi connectivity index (χ2v) is 5.67. The van der Waals surface area contributed by atoms with Crippen molar-refractivity contribution < 1.29 is 9.53 Å². The van der Waals surface area contributed by atoms with Gasteiger partial charge in [-0.3, -0.25) is 4.79 Å². The molecular weight excluding hydrogens is 320 g/mol. The van der Waals surface area contributed by atoms with Crippen LogP contribution in [0, 0.1) is 5.92 Å². The van der Waals surface area contributed by atoms with E-state index >= 15 is 0 Å². The molecule has 1 aromatic heterocycles. The average molecular weight is 335 g/mol. The minimum atomic E-state index is -0.571. The number of hydrogen-bond donors (Lipinski definition) is 0. The Hall–Kier alpha value is -1.62. The minimum absolute atomic E-state index is 0.194. The van der Waals surface area contributed by atoms with Crippen LogP contribution in [0.1, 0.15) is 12.1 Å². The highest BCUT2D eigenvalue weighted by atomic mass is 79.9. The molecule has 2 atom stereocenters. The fourth-order valence-electron chi connectivity index (χ4n) is 2.66. The van der Waals surface area contributed by atoms with Gasteiger partial charge in [0.15, 0.2) is 0 Å². The molecule has 0 unspecified atom stereocenters. The Bertz CT molecular complexity index is 626. The van der Waals surface area contributed by atoms with E-state index < -0.39 is 5.41 Å². The average Bonchev–Trinajstić information content (AvgIpc) is 3.05. The van der Waals surface area contributed by atoms with Crippen LogP contribution in [0.25, 0.3) is 5.69 Å². The van der Waals surface area contributed by atoms with E-state index in [2.05, 4.69) is 20.9 Å². The van der Waals surface area contributed by atoms with E-state index in [1.807, 2.05) is 41.1 Å². The molecule has 0 amide bonds. The number of carbonyl (C=O) groups excluding carboxylic acids is 1. The number of aromatic nitrogens is 2. The predicted octanol–water partition coefficient (Wildman–Crippen LogP) is 2.70. The number of rotatable bonds is 4. The molecule has 0 aliphatic heterocycles. The van der Waals surface area contributed by atoms with Gasteiger partial charge in [0.05, 0.1) is 19.1 Å². The van der Waals surface area contributed by atoms with Gasteiger partial charge in [0.1, 0.15) is 5.41 Å². The Morgan fingerprint density at radius 1 is 1.50 bits per heavy atom. The van der Waals surface area contributed by atoms with E-state index in [1.54, 1.807) is 6.33 Å². The van der Waals surface area contributed by atoms with E-state index in [9.17, 15) is 4.79 Å². The normalized spacial score (nSPS) is 24.4. The molecule has 2 aromatic rings. The molecule has 1 fully saturated rings. The van der Waals surface area contributed by atoms with Crippen LogP contribution in [0.2, 0.25) is 0 Å². The zero-order chi connectivity index (χ0) is 14.2. The molecule has 1 aromatic carbocycles. The second-order valence-electron chi connectivity index (χ2n) is 5.02. The van der Waals surface area contributed by atoms with Crippen molar-refractivity contribution in [1.29, 1.82) is 0 Å². The van der Waals surface area contributed by atoms with Gasteiger partial charge in [0.25, 0.3) is 0 Å². The van der Waals surface area contributed by atoms with Crippen molar-refractivity contribution in [3.63, 3.8) is 0 Å². The van der Waals surface area contributed by atoms with Gasteiger partial charge in [-0.1, -0.05) is 34.1 Å². The van der Waals surface area contributed by atoms with Gasteiger partial charge in [-0.2, -0.15) is 0 Å². The number of methoxy groups -OCH3 is 1. The Morgan fingerprint density at radius 3 is 2.85 bits per heavy atom. The molecule has 4 nitrogen and oxygen atoms in total. The number of esters is 1. The summed E-state index contributed by atoms with van der Waals surface area (Å²) in [5.41, 5.74) is 1.25. The molecule has 104 valence electrons. The lowest BCUT2D eigenvalue weighted by molar-refractivity contribution is -0.144. The molecule has 0 N–H and O–H groups in total. The standard InChI is InChI=1S/C15H15BrN2O2/c1-20-14(19)15(7-11(15)8-16)13-9-18(10-17-13)12-5-3-2-4-6-12/h2-6,9-11H,7-8H2,1H3/t11-,15+/m0/s1. The molecular formula is C15H15BrN2O2. The molecule has 20 heavy (non-hydrogen) atoms. The molecule has 1 heterocycles. The van der Waals surface area contributed by atoms with Crippen molar-refractivity contribution in [1.82, 2.24) is 9.55 Å². The second kappa shape index (κ2) is 5.05. The van der Waals surface area contributed by atoms with Crippen LogP contribution in [0.5, 0.6) is 0 Å². The quantitative estimate of drug-likeness (QED) is 0.637. The van der Waals surface area contributed by atoms with Crippen LogP contribution in [-0.4, -0.2) is 28.0 Å². The Kier molecular flexibility index (Phi) is 3.38. The van der Waals surface area contributed by atoms with E-state index in [4.69, 9.17) is 4.74 Å². The first-order chi connectivity index (χ1) is 9.72. The first-order valence-corrected chi connectivity index (χ1v) is 7.59. The first kappa shape index (κ1) is 13.4. The number of para-hydroxylation sites is 1. The summed E-state index contributed by atoms with van der Waals surface area (Å²) >= 11 is 3.46. The topological polar surface area (TPSA) is 44.1 Å². The van der Waals surface area contributed by atoms with E-state index in [0.717, 1.165) is 23.1 Å². The van der Waals surface area contributed by atoms with Crippen LogP contribution < -0.4 is 0 Å². The van der Waals surface area contributed by atoms with Crippen molar-refractivity contribution in [2.45, 2.75) is 11.8 Å². The summed E-state index contributed by atoms with van der Waals surface area (Å²) in [6.07, 6.45) is 4.46. The summed E-state index contributed by atoms with van der Waals surface area (Å²) in [5, 5.41) is 0.778. The van der Waals surface area contributed by atoms with E-state index in [0.29, 0.717) is 0 Å². The van der Waals surface area contributed by atoms with Gasteiger partial charge in [-0.15, -0.1) is 0 Å². The summed E-state index contributed by atoms with van der Waals surface area (Å²) in [5.74, 6) is 0.0642. The van der Waals surface area contributed by atoms with Gasteiger partial charge < -0.3 is 9.30 Å². The molecule has 0 bridgehead atoms. The van der Waals surface area contributed by atoms with Crippen molar-refractivity contribution in [2.24, 2.45) is 5.92 Å². The molecule has 5 heteroatoms. The van der Waals surface area contributed by atoms with Gasteiger partial charge in [-0.05, 0) is 24.5 Å². The third-order valence-electron chi connectivity index (χ3n) is 3.94. The number of imidazole rings is 1. The number of nitrogens with zero attached hydrogens (tertiary/aromatic N) is 2.